The van der Waals surface area contributed by atoms with Crippen molar-refractivity contribution >= 4 is 22.9 Å². The van der Waals surface area contributed by atoms with Gasteiger partial charge in [0, 0.05) is 7.05 Å². The highest BCUT2D eigenvalue weighted by molar-refractivity contribution is 14.1. The van der Waals surface area contributed by atoms with Gasteiger partial charge in [-0.1, -0.05) is 3.39 Å². The maximum Gasteiger partial charge on any atom is 0.0714 e. The summed E-state index contributed by atoms with van der Waals surface area (Å²) in [6.07, 6.45) is 0. The topological polar surface area (TPSA) is 41.7 Å². The second-order valence-corrected chi connectivity index (χ2v) is 2.07. The quantitative estimate of drug-likeness (QED) is 0.320. The molecule has 0 spiro atoms. The largest absolute Gasteiger partial charge is 0.317 e. The molecule has 0 aliphatic heterocycles. The maximum absolute atomic E-state index is 5.25. The van der Waals surface area contributed by atoms with Gasteiger partial charge in [-0.25, -0.2) is 0 Å². The Morgan fingerprint density at radius 1 is 1.75 bits per heavy atom. The van der Waals surface area contributed by atoms with E-state index in [1.807, 2.05) is 29.9 Å². The van der Waals surface area contributed by atoms with Crippen LogP contribution in [0.2, 0.25) is 0 Å². The lowest BCUT2D eigenvalue weighted by molar-refractivity contribution is -0.152. The summed E-state index contributed by atoms with van der Waals surface area (Å²) in [5.74, 6) is 0. The Hall–Kier alpha value is 0.570. The molecule has 4 nitrogen and oxygen atoms in total. The fourth-order valence-electron chi connectivity index (χ4n) is 0.204. The van der Waals surface area contributed by atoms with Crippen LogP contribution in [0.4, 0.5) is 0 Å². The Labute approximate surface area is 63.0 Å². The molecule has 2 N–H and O–H groups in total. The number of hydrogen-bond donors (Lipinski definition) is 1. The van der Waals surface area contributed by atoms with Crippen LogP contribution in [0.1, 0.15) is 0 Å². The minimum absolute atomic E-state index is 0.455. The van der Waals surface area contributed by atoms with E-state index in [1.165, 1.54) is 3.39 Å². The number of nitrogens with zero attached hydrogens (tertiary/aromatic N) is 2. The van der Waals surface area contributed by atoms with Crippen LogP contribution < -0.4 is 5.73 Å². The average molecular weight is 231 g/mol. The SMILES string of the molecule is CON(I)N(C)CN. The normalized spacial score (nSPS) is 11.2. The van der Waals surface area contributed by atoms with Crippen LogP contribution in [0.15, 0.2) is 0 Å². The molecule has 5 heteroatoms. The molecule has 0 aliphatic carbocycles. The first kappa shape index (κ1) is 8.57. The van der Waals surface area contributed by atoms with Crippen molar-refractivity contribution in [2.75, 3.05) is 20.8 Å². The van der Waals surface area contributed by atoms with Gasteiger partial charge in [-0.2, -0.15) is 5.01 Å². The maximum atomic E-state index is 5.25. The fraction of sp³-hybridized carbons (Fsp3) is 1.00. The molecule has 0 radical (unpaired) electrons. The van der Waals surface area contributed by atoms with Gasteiger partial charge < -0.3 is 5.73 Å². The van der Waals surface area contributed by atoms with Crippen LogP contribution in [0, 0.1) is 0 Å². The highest BCUT2D eigenvalue weighted by Gasteiger charge is 2.00. The molecule has 0 saturated heterocycles. The summed E-state index contributed by atoms with van der Waals surface area (Å²) in [6, 6.07) is 0. The third kappa shape index (κ3) is 2.78. The molecule has 0 aromatic rings. The molecule has 0 unspecified atom stereocenters. The Bertz CT molecular complexity index is 54.5. The first-order chi connectivity index (χ1) is 3.72. The van der Waals surface area contributed by atoms with Crippen LogP contribution in [0.25, 0.3) is 0 Å². The Morgan fingerprint density at radius 2 is 2.25 bits per heavy atom. The van der Waals surface area contributed by atoms with E-state index < -0.39 is 0 Å². The summed E-state index contributed by atoms with van der Waals surface area (Å²) in [4.78, 5) is 4.77. The van der Waals surface area contributed by atoms with E-state index in [0.717, 1.165) is 0 Å². The summed E-state index contributed by atoms with van der Waals surface area (Å²) >= 11 is 1.99. The van der Waals surface area contributed by atoms with Crippen molar-refractivity contribution in [1.29, 1.82) is 0 Å². The standard InChI is InChI=1S/C3H10IN3O/c1-6(3-5)7(4)8-2/h3,5H2,1-2H3. The van der Waals surface area contributed by atoms with Gasteiger partial charge in [0.2, 0.25) is 0 Å². The molecule has 8 heavy (non-hydrogen) atoms. The van der Waals surface area contributed by atoms with E-state index >= 15 is 0 Å². The number of hydrogen-bond acceptors (Lipinski definition) is 4. The predicted molar refractivity (Wildman–Crippen MR) is 39.7 cm³/mol. The number of halogens is 1. The summed E-state index contributed by atoms with van der Waals surface area (Å²) in [6.45, 7) is 0.455. The van der Waals surface area contributed by atoms with Crippen LogP contribution >= 0.6 is 22.9 Å². The second kappa shape index (κ2) is 4.45. The minimum Gasteiger partial charge on any atom is -0.317 e. The van der Waals surface area contributed by atoms with Crippen LogP contribution in [0.3, 0.4) is 0 Å². The zero-order chi connectivity index (χ0) is 6.57. The molecule has 0 aromatic heterocycles. The molecule has 0 atom stereocenters. The lowest BCUT2D eigenvalue weighted by atomic mass is 11.0. The molecule has 0 aliphatic rings. The first-order valence-electron chi connectivity index (χ1n) is 2.13. The van der Waals surface area contributed by atoms with E-state index in [0.29, 0.717) is 6.67 Å². The van der Waals surface area contributed by atoms with Crippen LogP contribution in [0.5, 0.6) is 0 Å². The van der Waals surface area contributed by atoms with Crippen molar-refractivity contribution in [1.82, 2.24) is 8.39 Å². The van der Waals surface area contributed by atoms with Gasteiger partial charge in [-0.05, 0) is 0 Å². The number of rotatable bonds is 3. The summed E-state index contributed by atoms with van der Waals surface area (Å²) in [5, 5.41) is 1.72. The number of hydrazine groups is 1. The van der Waals surface area contributed by atoms with Crippen LogP contribution in [-0.2, 0) is 4.84 Å². The molecule has 50 valence electrons. The van der Waals surface area contributed by atoms with Crippen molar-refractivity contribution < 1.29 is 4.84 Å². The summed E-state index contributed by atoms with van der Waals surface area (Å²) in [7, 11) is 3.41. The van der Waals surface area contributed by atoms with Crippen molar-refractivity contribution in [2.24, 2.45) is 5.73 Å². The minimum atomic E-state index is 0.455. The molecule has 0 bridgehead atoms. The van der Waals surface area contributed by atoms with Gasteiger partial charge in [-0.3, -0.25) is 4.84 Å². The third-order valence-electron chi connectivity index (χ3n) is 0.683. The van der Waals surface area contributed by atoms with E-state index in [4.69, 9.17) is 10.6 Å². The molecule has 0 aromatic carbocycles. The molecular weight excluding hydrogens is 221 g/mol. The van der Waals surface area contributed by atoms with Crippen LogP contribution in [-0.4, -0.2) is 29.2 Å². The molecule has 0 rings (SSSR count). The number of nitrogens with two attached hydrogens (primary N) is 1. The van der Waals surface area contributed by atoms with Gasteiger partial charge in [0.05, 0.1) is 36.6 Å². The summed E-state index contributed by atoms with van der Waals surface area (Å²) in [5.41, 5.74) is 5.25. The van der Waals surface area contributed by atoms with Gasteiger partial charge in [0.15, 0.2) is 0 Å². The predicted octanol–water partition coefficient (Wildman–Crippen LogP) is -0.0372. The van der Waals surface area contributed by atoms with E-state index in [1.54, 1.807) is 12.1 Å². The Balaban J connectivity index is 3.29. The fourth-order valence-corrected chi connectivity index (χ4v) is 0.380. The second-order valence-electron chi connectivity index (χ2n) is 1.25. The van der Waals surface area contributed by atoms with E-state index in [-0.39, 0.29) is 0 Å². The first-order valence-corrected chi connectivity index (χ1v) is 3.10. The highest BCUT2D eigenvalue weighted by Crippen LogP contribution is 1.99. The molecular formula is C3H10IN3O. The Kier molecular flexibility index (Phi) is 4.77. The highest BCUT2D eigenvalue weighted by atomic mass is 127. The Morgan fingerprint density at radius 3 is 2.38 bits per heavy atom. The molecule has 0 amide bonds. The summed E-state index contributed by atoms with van der Waals surface area (Å²) < 4.78 is 1.53. The third-order valence-corrected chi connectivity index (χ3v) is 1.81. The van der Waals surface area contributed by atoms with Crippen molar-refractivity contribution in [3.05, 3.63) is 0 Å². The monoisotopic (exact) mass is 231 g/mol. The van der Waals surface area contributed by atoms with Gasteiger partial charge in [-0.15, -0.1) is 0 Å². The zero-order valence-corrected chi connectivity index (χ0v) is 7.12. The average Bonchev–Trinajstić information content (AvgIpc) is 1.84. The van der Waals surface area contributed by atoms with Gasteiger partial charge in [0.25, 0.3) is 0 Å². The van der Waals surface area contributed by atoms with E-state index in [9.17, 15) is 0 Å². The van der Waals surface area contributed by atoms with Gasteiger partial charge >= 0.3 is 0 Å². The van der Waals surface area contributed by atoms with Gasteiger partial charge in [0.1, 0.15) is 0 Å². The van der Waals surface area contributed by atoms with Crippen molar-refractivity contribution in [3.8, 4) is 0 Å². The van der Waals surface area contributed by atoms with E-state index in [2.05, 4.69) is 0 Å². The van der Waals surface area contributed by atoms with Crippen molar-refractivity contribution in [2.45, 2.75) is 0 Å². The molecule has 0 heterocycles. The lowest BCUT2D eigenvalue weighted by Gasteiger charge is -2.20. The molecule has 0 fully saturated rings. The van der Waals surface area contributed by atoms with Crippen molar-refractivity contribution in [3.63, 3.8) is 0 Å². The lowest BCUT2D eigenvalue weighted by Crippen LogP contribution is -2.35. The molecule has 0 saturated carbocycles. The zero-order valence-electron chi connectivity index (χ0n) is 4.97. The smallest absolute Gasteiger partial charge is 0.0714 e.